The van der Waals surface area contributed by atoms with Crippen molar-refractivity contribution in [3.63, 3.8) is 0 Å². The van der Waals surface area contributed by atoms with E-state index in [2.05, 4.69) is 0 Å². The fraction of sp³-hybridized carbons (Fsp3) is 1.00. The van der Waals surface area contributed by atoms with Crippen LogP contribution in [0, 0.1) is 0 Å². The van der Waals surface area contributed by atoms with Gasteiger partial charge < -0.3 is 14.6 Å². The largest absolute Gasteiger partial charge is 0.394 e. The highest BCUT2D eigenvalue weighted by molar-refractivity contribution is 4.58. The molecule has 0 aromatic rings. The second-order valence-electron chi connectivity index (χ2n) is 2.49. The molecule has 0 aliphatic heterocycles. The summed E-state index contributed by atoms with van der Waals surface area (Å²) in [6.07, 6.45) is 0.792. The Morgan fingerprint density at radius 2 is 1.91 bits per heavy atom. The SMILES string of the molecule is CCOC(C)(CC)OCCO. The van der Waals surface area contributed by atoms with E-state index in [0.717, 1.165) is 6.42 Å². The van der Waals surface area contributed by atoms with Gasteiger partial charge in [-0.25, -0.2) is 0 Å². The van der Waals surface area contributed by atoms with E-state index in [4.69, 9.17) is 14.6 Å². The van der Waals surface area contributed by atoms with Crippen molar-refractivity contribution in [3.05, 3.63) is 0 Å². The highest BCUT2D eigenvalue weighted by Gasteiger charge is 2.21. The van der Waals surface area contributed by atoms with Crippen molar-refractivity contribution in [1.29, 1.82) is 0 Å². The van der Waals surface area contributed by atoms with Gasteiger partial charge in [-0.15, -0.1) is 0 Å². The molecule has 0 aromatic carbocycles. The molecule has 0 heterocycles. The minimum Gasteiger partial charge on any atom is -0.394 e. The zero-order valence-electron chi connectivity index (χ0n) is 7.59. The minimum absolute atomic E-state index is 0.0443. The van der Waals surface area contributed by atoms with Gasteiger partial charge >= 0.3 is 0 Å². The van der Waals surface area contributed by atoms with Gasteiger partial charge in [0.2, 0.25) is 0 Å². The molecule has 3 heteroatoms. The maximum absolute atomic E-state index is 8.51. The fourth-order valence-electron chi connectivity index (χ4n) is 0.813. The average Bonchev–Trinajstić information content (AvgIpc) is 2.02. The molecule has 0 radical (unpaired) electrons. The summed E-state index contributed by atoms with van der Waals surface area (Å²) in [7, 11) is 0. The van der Waals surface area contributed by atoms with Crippen molar-refractivity contribution in [1.82, 2.24) is 0 Å². The van der Waals surface area contributed by atoms with E-state index in [-0.39, 0.29) is 6.61 Å². The van der Waals surface area contributed by atoms with Crippen LogP contribution in [0.1, 0.15) is 27.2 Å². The Morgan fingerprint density at radius 3 is 2.27 bits per heavy atom. The molecule has 0 aromatic heterocycles. The van der Waals surface area contributed by atoms with E-state index in [0.29, 0.717) is 13.2 Å². The Bertz CT molecular complexity index is 95.3. The molecular formula is C8H18O3. The molecule has 0 saturated heterocycles. The lowest BCUT2D eigenvalue weighted by Crippen LogP contribution is -2.32. The van der Waals surface area contributed by atoms with Crippen LogP contribution in [0.5, 0.6) is 0 Å². The van der Waals surface area contributed by atoms with E-state index in [9.17, 15) is 0 Å². The van der Waals surface area contributed by atoms with Gasteiger partial charge in [0.15, 0.2) is 5.79 Å². The number of aliphatic hydroxyl groups excluding tert-OH is 1. The van der Waals surface area contributed by atoms with Gasteiger partial charge in [0, 0.05) is 6.61 Å². The number of hydrogen-bond donors (Lipinski definition) is 1. The maximum atomic E-state index is 8.51. The first-order valence-electron chi connectivity index (χ1n) is 4.07. The topological polar surface area (TPSA) is 38.7 Å². The molecule has 0 bridgehead atoms. The second-order valence-corrected chi connectivity index (χ2v) is 2.49. The fourth-order valence-corrected chi connectivity index (χ4v) is 0.813. The van der Waals surface area contributed by atoms with Gasteiger partial charge in [-0.3, -0.25) is 0 Å². The van der Waals surface area contributed by atoms with Crippen molar-refractivity contribution in [2.45, 2.75) is 33.0 Å². The lowest BCUT2D eigenvalue weighted by atomic mass is 10.2. The van der Waals surface area contributed by atoms with Crippen molar-refractivity contribution in [3.8, 4) is 0 Å². The normalized spacial score (nSPS) is 16.4. The predicted molar refractivity (Wildman–Crippen MR) is 43.4 cm³/mol. The van der Waals surface area contributed by atoms with Crippen LogP contribution in [0.2, 0.25) is 0 Å². The first-order valence-corrected chi connectivity index (χ1v) is 4.07. The van der Waals surface area contributed by atoms with E-state index in [1.54, 1.807) is 0 Å². The van der Waals surface area contributed by atoms with Crippen LogP contribution in [0.4, 0.5) is 0 Å². The van der Waals surface area contributed by atoms with Gasteiger partial charge in [-0.05, 0) is 20.3 Å². The summed E-state index contributed by atoms with van der Waals surface area (Å²) in [5.74, 6) is -0.516. The van der Waals surface area contributed by atoms with Gasteiger partial charge in [0.25, 0.3) is 0 Å². The first-order chi connectivity index (χ1) is 5.18. The molecule has 0 spiro atoms. The maximum Gasteiger partial charge on any atom is 0.165 e. The minimum atomic E-state index is -0.516. The standard InChI is InChI=1S/C8H18O3/c1-4-8(3,10-5-2)11-7-6-9/h9H,4-7H2,1-3H3. The van der Waals surface area contributed by atoms with Crippen LogP contribution in [-0.4, -0.2) is 30.7 Å². The second kappa shape index (κ2) is 5.52. The van der Waals surface area contributed by atoms with E-state index in [1.807, 2.05) is 20.8 Å². The molecular weight excluding hydrogens is 144 g/mol. The summed E-state index contributed by atoms with van der Waals surface area (Å²) >= 11 is 0. The number of hydrogen-bond acceptors (Lipinski definition) is 3. The quantitative estimate of drug-likeness (QED) is 0.595. The van der Waals surface area contributed by atoms with Crippen LogP contribution < -0.4 is 0 Å². The van der Waals surface area contributed by atoms with Crippen LogP contribution in [0.15, 0.2) is 0 Å². The predicted octanol–water partition coefficient (Wildman–Crippen LogP) is 1.16. The van der Waals surface area contributed by atoms with Crippen LogP contribution >= 0.6 is 0 Å². The zero-order valence-corrected chi connectivity index (χ0v) is 7.59. The lowest BCUT2D eigenvalue weighted by Gasteiger charge is -2.27. The molecule has 0 rings (SSSR count). The Morgan fingerprint density at radius 1 is 1.27 bits per heavy atom. The summed E-state index contributed by atoms with van der Waals surface area (Å²) < 4.78 is 10.6. The molecule has 0 amide bonds. The monoisotopic (exact) mass is 162 g/mol. The summed E-state index contributed by atoms with van der Waals surface area (Å²) in [5, 5.41) is 8.51. The molecule has 1 N–H and O–H groups in total. The smallest absolute Gasteiger partial charge is 0.165 e. The molecule has 1 atom stereocenters. The summed E-state index contributed by atoms with van der Waals surface area (Å²) in [5.41, 5.74) is 0. The zero-order chi connectivity index (χ0) is 8.74. The number of rotatable bonds is 6. The number of aliphatic hydroxyl groups is 1. The molecule has 0 fully saturated rings. The number of ether oxygens (including phenoxy) is 2. The van der Waals surface area contributed by atoms with Crippen LogP contribution in [-0.2, 0) is 9.47 Å². The summed E-state index contributed by atoms with van der Waals surface area (Å²) in [4.78, 5) is 0. The van der Waals surface area contributed by atoms with Gasteiger partial charge in [0.05, 0.1) is 13.2 Å². The van der Waals surface area contributed by atoms with Crippen molar-refractivity contribution < 1.29 is 14.6 Å². The molecule has 0 saturated carbocycles. The molecule has 1 unspecified atom stereocenters. The molecule has 0 aliphatic carbocycles. The van der Waals surface area contributed by atoms with Crippen LogP contribution in [0.3, 0.4) is 0 Å². The van der Waals surface area contributed by atoms with Gasteiger partial charge in [-0.2, -0.15) is 0 Å². The lowest BCUT2D eigenvalue weighted by molar-refractivity contribution is -0.227. The van der Waals surface area contributed by atoms with Gasteiger partial charge in [-0.1, -0.05) is 6.92 Å². The van der Waals surface area contributed by atoms with E-state index < -0.39 is 5.79 Å². The summed E-state index contributed by atoms with van der Waals surface area (Å²) in [6.45, 7) is 6.82. The molecule has 0 aliphatic rings. The van der Waals surface area contributed by atoms with E-state index in [1.165, 1.54) is 0 Å². The third-order valence-electron chi connectivity index (χ3n) is 1.59. The molecule has 11 heavy (non-hydrogen) atoms. The Balaban J connectivity index is 3.68. The van der Waals surface area contributed by atoms with Crippen molar-refractivity contribution >= 4 is 0 Å². The molecule has 68 valence electrons. The Labute approximate surface area is 68.3 Å². The first kappa shape index (κ1) is 10.9. The third kappa shape index (κ3) is 4.35. The van der Waals surface area contributed by atoms with Gasteiger partial charge in [0.1, 0.15) is 0 Å². The van der Waals surface area contributed by atoms with Crippen molar-refractivity contribution in [2.75, 3.05) is 19.8 Å². The average molecular weight is 162 g/mol. The van der Waals surface area contributed by atoms with E-state index >= 15 is 0 Å². The third-order valence-corrected chi connectivity index (χ3v) is 1.59. The molecule has 3 nitrogen and oxygen atoms in total. The highest BCUT2D eigenvalue weighted by atomic mass is 16.7. The summed E-state index contributed by atoms with van der Waals surface area (Å²) in [6, 6.07) is 0. The Kier molecular flexibility index (Phi) is 5.46. The Hall–Kier alpha value is -0.120. The van der Waals surface area contributed by atoms with Crippen LogP contribution in [0.25, 0.3) is 0 Å². The highest BCUT2D eigenvalue weighted by Crippen LogP contribution is 2.15. The van der Waals surface area contributed by atoms with Crippen molar-refractivity contribution in [2.24, 2.45) is 0 Å².